The van der Waals surface area contributed by atoms with Crippen LogP contribution < -0.4 is 9.94 Å². The highest BCUT2D eigenvalue weighted by Gasteiger charge is 2.20. The molecule has 0 saturated heterocycles. The molecule has 0 aliphatic heterocycles. The first-order chi connectivity index (χ1) is 14.5. The number of fused-ring (bicyclic) bond motifs is 1. The number of carbonyl (C=O) groups is 1. The van der Waals surface area contributed by atoms with Crippen molar-refractivity contribution in [1.82, 2.24) is 4.57 Å². The number of hydrogen-bond acceptors (Lipinski definition) is 8. The Bertz CT molecular complexity index is 1370. The maximum absolute atomic E-state index is 12.7. The van der Waals surface area contributed by atoms with Gasteiger partial charge in [0.25, 0.3) is 17.3 Å². The molecule has 0 unspecified atom stereocenters. The third-order valence-electron chi connectivity index (χ3n) is 4.20. The molecule has 3 rings (SSSR count). The molecule has 1 aromatic heterocycles. The third-order valence-corrected chi connectivity index (χ3v) is 6.15. The summed E-state index contributed by atoms with van der Waals surface area (Å²) in [5.41, 5.74) is -0.908. The normalized spacial score (nSPS) is 12.3. The molecule has 2 N–H and O–H groups in total. The largest absolute Gasteiger partial charge is 0.316 e. The standard InChI is InChI=1S/C17H15N5O7S2/c1-2-5-20-14-4-3-13(31(18,28)29)9-15(14)30-17(20)19-16(23)10-6-11(21(24)25)8-12(7-10)22(26)27/h3-4,6-9H,2,5H2,1H3,(H2,18,28,29). The summed E-state index contributed by atoms with van der Waals surface area (Å²) in [4.78, 5) is 37.2. The highest BCUT2D eigenvalue weighted by atomic mass is 32.2. The molecule has 1 heterocycles. The number of nitrogens with zero attached hydrogens (tertiary/aromatic N) is 4. The van der Waals surface area contributed by atoms with Gasteiger partial charge in [0.1, 0.15) is 0 Å². The highest BCUT2D eigenvalue weighted by Crippen LogP contribution is 2.24. The van der Waals surface area contributed by atoms with Crippen molar-refractivity contribution in [1.29, 1.82) is 0 Å². The zero-order valence-corrected chi connectivity index (χ0v) is 17.6. The van der Waals surface area contributed by atoms with Gasteiger partial charge in [0, 0.05) is 18.7 Å². The average Bonchev–Trinajstić information content (AvgIpc) is 3.03. The number of non-ortho nitro benzene ring substituents is 2. The molecule has 0 aliphatic rings. The molecular weight excluding hydrogens is 450 g/mol. The molecule has 0 spiro atoms. The summed E-state index contributed by atoms with van der Waals surface area (Å²) in [7, 11) is -3.93. The Morgan fingerprint density at radius 2 is 1.74 bits per heavy atom. The Morgan fingerprint density at radius 1 is 1.13 bits per heavy atom. The number of amides is 1. The quantitative estimate of drug-likeness (QED) is 0.428. The average molecular weight is 465 g/mol. The van der Waals surface area contributed by atoms with Crippen LogP contribution in [0.4, 0.5) is 11.4 Å². The van der Waals surface area contributed by atoms with Gasteiger partial charge in [0.15, 0.2) is 4.80 Å². The van der Waals surface area contributed by atoms with Crippen LogP contribution in [0.1, 0.15) is 23.7 Å². The number of nitro groups is 2. The van der Waals surface area contributed by atoms with E-state index in [0.717, 1.165) is 29.5 Å². The molecule has 31 heavy (non-hydrogen) atoms. The Morgan fingerprint density at radius 3 is 2.26 bits per heavy atom. The number of nitro benzene ring substituents is 2. The number of nitrogens with two attached hydrogens (primary N) is 1. The van der Waals surface area contributed by atoms with Crippen LogP contribution in [0, 0.1) is 20.2 Å². The van der Waals surface area contributed by atoms with Crippen molar-refractivity contribution in [3.05, 3.63) is 67.0 Å². The van der Waals surface area contributed by atoms with E-state index < -0.39 is 37.2 Å². The molecule has 0 radical (unpaired) electrons. The molecule has 2 aromatic carbocycles. The Labute approximate surface area is 178 Å². The molecule has 0 atom stereocenters. The fraction of sp³-hybridized carbons (Fsp3) is 0.176. The van der Waals surface area contributed by atoms with Crippen LogP contribution in [0.5, 0.6) is 0 Å². The fourth-order valence-electron chi connectivity index (χ4n) is 2.84. The van der Waals surface area contributed by atoms with Gasteiger partial charge < -0.3 is 4.57 Å². The van der Waals surface area contributed by atoms with Crippen molar-refractivity contribution in [3.63, 3.8) is 0 Å². The van der Waals surface area contributed by atoms with Gasteiger partial charge in [-0.3, -0.25) is 25.0 Å². The number of primary sulfonamides is 1. The number of rotatable bonds is 6. The Hall–Kier alpha value is -3.49. The number of thiazole rings is 1. The van der Waals surface area contributed by atoms with Crippen LogP contribution in [0.3, 0.4) is 0 Å². The minimum atomic E-state index is -3.93. The van der Waals surface area contributed by atoms with E-state index in [1.807, 2.05) is 6.92 Å². The van der Waals surface area contributed by atoms with Crippen molar-refractivity contribution in [2.75, 3.05) is 0 Å². The molecule has 162 valence electrons. The van der Waals surface area contributed by atoms with E-state index in [9.17, 15) is 33.4 Å². The summed E-state index contributed by atoms with van der Waals surface area (Å²) >= 11 is 1.03. The smallest absolute Gasteiger partial charge is 0.280 e. The predicted molar refractivity (Wildman–Crippen MR) is 111 cm³/mol. The lowest BCUT2D eigenvalue weighted by Crippen LogP contribution is -2.17. The Balaban J connectivity index is 2.19. The summed E-state index contributed by atoms with van der Waals surface area (Å²) < 4.78 is 25.4. The topological polar surface area (TPSA) is 181 Å². The lowest BCUT2D eigenvalue weighted by atomic mass is 10.1. The summed E-state index contributed by atoms with van der Waals surface area (Å²) in [6.07, 6.45) is 0.673. The van der Waals surface area contributed by atoms with Gasteiger partial charge in [-0.05, 0) is 24.6 Å². The first-order valence-corrected chi connectivity index (χ1v) is 11.1. The maximum atomic E-state index is 12.7. The molecule has 3 aromatic rings. The second-order valence-electron chi connectivity index (χ2n) is 6.38. The lowest BCUT2D eigenvalue weighted by Gasteiger charge is -2.03. The SMILES string of the molecule is CCCn1c(=NC(=O)c2cc([N+](=O)[O-])cc([N+](=O)[O-])c2)sc2cc(S(N)(=O)=O)ccc21. The van der Waals surface area contributed by atoms with E-state index in [1.54, 1.807) is 10.6 Å². The fourth-order valence-corrected chi connectivity index (χ4v) is 4.54. The number of carbonyl (C=O) groups excluding carboxylic acids is 1. The van der Waals surface area contributed by atoms with Gasteiger partial charge >= 0.3 is 0 Å². The van der Waals surface area contributed by atoms with Crippen molar-refractivity contribution in [2.24, 2.45) is 10.1 Å². The zero-order valence-electron chi connectivity index (χ0n) is 15.9. The van der Waals surface area contributed by atoms with E-state index in [0.29, 0.717) is 23.2 Å². The first-order valence-electron chi connectivity index (χ1n) is 8.70. The number of hydrogen-bond donors (Lipinski definition) is 1. The van der Waals surface area contributed by atoms with E-state index >= 15 is 0 Å². The van der Waals surface area contributed by atoms with Crippen molar-refractivity contribution in [3.8, 4) is 0 Å². The van der Waals surface area contributed by atoms with Crippen LogP contribution in [0.15, 0.2) is 46.3 Å². The van der Waals surface area contributed by atoms with Gasteiger partial charge in [-0.15, -0.1) is 0 Å². The number of sulfonamides is 1. The molecule has 1 amide bonds. The van der Waals surface area contributed by atoms with Gasteiger partial charge in [-0.1, -0.05) is 18.3 Å². The number of benzene rings is 2. The molecular formula is C17H15N5O7S2. The molecule has 0 saturated carbocycles. The summed E-state index contributed by atoms with van der Waals surface area (Å²) in [5.74, 6) is -0.908. The van der Waals surface area contributed by atoms with Crippen LogP contribution in [-0.4, -0.2) is 28.7 Å². The third kappa shape index (κ3) is 4.65. The zero-order chi connectivity index (χ0) is 22.9. The first kappa shape index (κ1) is 22.2. The van der Waals surface area contributed by atoms with E-state index in [2.05, 4.69) is 4.99 Å². The molecule has 12 nitrogen and oxygen atoms in total. The van der Waals surface area contributed by atoms with E-state index in [-0.39, 0.29) is 15.3 Å². The van der Waals surface area contributed by atoms with Gasteiger partial charge in [-0.2, -0.15) is 4.99 Å². The second kappa shape index (κ2) is 8.33. The minimum Gasteiger partial charge on any atom is -0.316 e. The summed E-state index contributed by atoms with van der Waals surface area (Å²) in [6, 6.07) is 6.82. The summed E-state index contributed by atoms with van der Waals surface area (Å²) in [5, 5.41) is 27.3. The number of aromatic nitrogens is 1. The van der Waals surface area contributed by atoms with E-state index in [1.165, 1.54) is 12.1 Å². The molecule has 0 fully saturated rings. The second-order valence-corrected chi connectivity index (χ2v) is 8.95. The lowest BCUT2D eigenvalue weighted by molar-refractivity contribution is -0.394. The van der Waals surface area contributed by atoms with Gasteiger partial charge in [0.2, 0.25) is 10.0 Å². The molecule has 14 heteroatoms. The van der Waals surface area contributed by atoms with Crippen molar-refractivity contribution < 1.29 is 23.1 Å². The predicted octanol–water partition coefficient (Wildman–Crippen LogP) is 2.32. The van der Waals surface area contributed by atoms with Crippen LogP contribution in [0.2, 0.25) is 0 Å². The highest BCUT2D eigenvalue weighted by molar-refractivity contribution is 7.89. The van der Waals surface area contributed by atoms with Crippen LogP contribution >= 0.6 is 11.3 Å². The number of aryl methyl sites for hydroxylation is 1. The van der Waals surface area contributed by atoms with Crippen molar-refractivity contribution >= 4 is 48.9 Å². The van der Waals surface area contributed by atoms with E-state index in [4.69, 9.17) is 5.14 Å². The van der Waals surface area contributed by atoms with Crippen molar-refractivity contribution in [2.45, 2.75) is 24.8 Å². The Kier molecular flexibility index (Phi) is 5.97. The van der Waals surface area contributed by atoms with Crippen LogP contribution in [0.25, 0.3) is 10.2 Å². The summed E-state index contributed by atoms with van der Waals surface area (Å²) in [6.45, 7) is 2.35. The van der Waals surface area contributed by atoms with Gasteiger partial charge in [0.05, 0.1) is 36.6 Å². The maximum Gasteiger partial charge on any atom is 0.280 e. The van der Waals surface area contributed by atoms with Crippen LogP contribution in [-0.2, 0) is 16.6 Å². The minimum absolute atomic E-state index is 0.0999. The monoisotopic (exact) mass is 465 g/mol. The molecule has 0 aliphatic carbocycles. The van der Waals surface area contributed by atoms with Gasteiger partial charge in [-0.25, -0.2) is 13.6 Å². The molecule has 0 bridgehead atoms.